The van der Waals surface area contributed by atoms with Gasteiger partial charge in [-0.25, -0.2) is 0 Å². The van der Waals surface area contributed by atoms with E-state index >= 15 is 0 Å². The van der Waals surface area contributed by atoms with Crippen molar-refractivity contribution in [1.29, 1.82) is 0 Å². The molecule has 0 saturated carbocycles. The summed E-state index contributed by atoms with van der Waals surface area (Å²) in [6, 6.07) is 17.2. The zero-order chi connectivity index (χ0) is 18.1. The van der Waals surface area contributed by atoms with Crippen molar-refractivity contribution in [2.75, 3.05) is 6.54 Å². The van der Waals surface area contributed by atoms with Crippen LogP contribution in [0.2, 0.25) is 0 Å². The molecule has 4 rings (SSSR count). The average molecular weight is 346 g/mol. The molecule has 0 aliphatic heterocycles. The predicted molar refractivity (Wildman–Crippen MR) is 99.0 cm³/mol. The topological polar surface area (TPSA) is 79.5 Å². The zero-order valence-corrected chi connectivity index (χ0v) is 14.3. The predicted octanol–water partition coefficient (Wildman–Crippen LogP) is 2.65. The summed E-state index contributed by atoms with van der Waals surface area (Å²) in [5.74, 6) is 0.464. The van der Waals surface area contributed by atoms with Gasteiger partial charge in [0, 0.05) is 12.7 Å². The molecule has 0 aliphatic rings. The maximum Gasteiger partial charge on any atom is 0.252 e. The molecule has 2 N–H and O–H groups in total. The Morgan fingerprint density at radius 2 is 1.92 bits per heavy atom. The quantitative estimate of drug-likeness (QED) is 0.595. The van der Waals surface area contributed by atoms with Gasteiger partial charge in [-0.05, 0) is 41.5 Å². The van der Waals surface area contributed by atoms with Crippen molar-refractivity contribution in [3.63, 3.8) is 0 Å². The van der Waals surface area contributed by atoms with Gasteiger partial charge in [-0.2, -0.15) is 0 Å². The van der Waals surface area contributed by atoms with Crippen molar-refractivity contribution in [3.8, 4) is 0 Å². The van der Waals surface area contributed by atoms with Gasteiger partial charge in [-0.15, -0.1) is 10.2 Å². The molecule has 6 nitrogen and oxygen atoms in total. The SMILES string of the molecule is Cc1nnc2ccc(C(=O)NC[C@H](O)c3ccc4ccccc4c3)cn12. The molecule has 0 aliphatic carbocycles. The second kappa shape index (κ2) is 6.57. The van der Waals surface area contributed by atoms with Crippen LogP contribution in [0.15, 0.2) is 60.8 Å². The molecule has 0 saturated heterocycles. The van der Waals surface area contributed by atoms with Crippen molar-refractivity contribution in [2.24, 2.45) is 0 Å². The van der Waals surface area contributed by atoms with E-state index in [2.05, 4.69) is 15.5 Å². The van der Waals surface area contributed by atoms with Gasteiger partial charge < -0.3 is 10.4 Å². The van der Waals surface area contributed by atoms with Gasteiger partial charge in [0.25, 0.3) is 5.91 Å². The van der Waals surface area contributed by atoms with Crippen LogP contribution in [0.5, 0.6) is 0 Å². The number of carbonyl (C=O) groups is 1. The number of nitrogens with one attached hydrogen (secondary N) is 1. The molecule has 0 unspecified atom stereocenters. The number of hydrogen-bond donors (Lipinski definition) is 2. The Hall–Kier alpha value is -3.25. The van der Waals surface area contributed by atoms with E-state index in [1.807, 2.05) is 49.4 Å². The van der Waals surface area contributed by atoms with Crippen LogP contribution in [0.3, 0.4) is 0 Å². The molecule has 0 fully saturated rings. The fraction of sp³-hybridized carbons (Fsp3) is 0.150. The lowest BCUT2D eigenvalue weighted by molar-refractivity contribution is 0.0916. The zero-order valence-electron chi connectivity index (χ0n) is 14.3. The van der Waals surface area contributed by atoms with Crippen molar-refractivity contribution in [1.82, 2.24) is 19.9 Å². The number of amides is 1. The van der Waals surface area contributed by atoms with Crippen LogP contribution in [0.1, 0.15) is 27.8 Å². The third kappa shape index (κ3) is 3.02. The molecule has 130 valence electrons. The minimum atomic E-state index is -0.774. The number of aliphatic hydroxyl groups is 1. The Morgan fingerprint density at radius 1 is 1.12 bits per heavy atom. The first-order chi connectivity index (χ1) is 12.6. The molecule has 0 bridgehead atoms. The molecule has 6 heteroatoms. The monoisotopic (exact) mass is 346 g/mol. The summed E-state index contributed by atoms with van der Waals surface area (Å²) >= 11 is 0. The van der Waals surface area contributed by atoms with Crippen LogP contribution in [0, 0.1) is 6.92 Å². The number of carbonyl (C=O) groups excluding carboxylic acids is 1. The lowest BCUT2D eigenvalue weighted by atomic mass is 10.0. The molecule has 0 radical (unpaired) electrons. The Balaban J connectivity index is 1.47. The normalized spacial score (nSPS) is 12.4. The second-order valence-corrected chi connectivity index (χ2v) is 6.23. The maximum atomic E-state index is 12.4. The van der Waals surface area contributed by atoms with Crippen LogP contribution in [-0.4, -0.2) is 32.2 Å². The molecule has 2 aromatic heterocycles. The van der Waals surface area contributed by atoms with Crippen LogP contribution in [0.4, 0.5) is 0 Å². The van der Waals surface area contributed by atoms with E-state index in [1.165, 1.54) is 0 Å². The van der Waals surface area contributed by atoms with Gasteiger partial charge >= 0.3 is 0 Å². The lowest BCUT2D eigenvalue weighted by Crippen LogP contribution is -2.28. The van der Waals surface area contributed by atoms with Gasteiger partial charge in [-0.3, -0.25) is 9.20 Å². The van der Waals surface area contributed by atoms with E-state index < -0.39 is 6.10 Å². The summed E-state index contributed by atoms with van der Waals surface area (Å²) in [5, 5.41) is 23.3. The van der Waals surface area contributed by atoms with Gasteiger partial charge in [0.1, 0.15) is 5.82 Å². The Morgan fingerprint density at radius 3 is 2.77 bits per heavy atom. The average Bonchev–Trinajstić information content (AvgIpc) is 3.05. The van der Waals surface area contributed by atoms with E-state index in [-0.39, 0.29) is 12.5 Å². The summed E-state index contributed by atoms with van der Waals surface area (Å²) in [6.45, 7) is 1.96. The summed E-state index contributed by atoms with van der Waals surface area (Å²) in [6.07, 6.45) is 0.923. The van der Waals surface area contributed by atoms with Crippen molar-refractivity contribution < 1.29 is 9.90 Å². The van der Waals surface area contributed by atoms with Crippen molar-refractivity contribution >= 4 is 22.3 Å². The van der Waals surface area contributed by atoms with Crippen molar-refractivity contribution in [2.45, 2.75) is 13.0 Å². The Bertz CT molecular complexity index is 1100. The first-order valence-corrected chi connectivity index (χ1v) is 8.38. The first kappa shape index (κ1) is 16.2. The largest absolute Gasteiger partial charge is 0.387 e. The van der Waals surface area contributed by atoms with Gasteiger partial charge in [0.05, 0.1) is 11.7 Å². The van der Waals surface area contributed by atoms with Gasteiger partial charge in [0.15, 0.2) is 5.65 Å². The molecular formula is C20H18N4O2. The molecule has 2 heterocycles. The van der Waals surface area contributed by atoms with Crippen LogP contribution >= 0.6 is 0 Å². The van der Waals surface area contributed by atoms with E-state index in [1.54, 1.807) is 22.7 Å². The third-order valence-electron chi connectivity index (χ3n) is 4.45. The molecule has 1 amide bonds. The summed E-state index contributed by atoms with van der Waals surface area (Å²) < 4.78 is 1.76. The summed E-state index contributed by atoms with van der Waals surface area (Å²) in [7, 11) is 0. The summed E-state index contributed by atoms with van der Waals surface area (Å²) in [4.78, 5) is 12.4. The number of pyridine rings is 1. The van der Waals surface area contributed by atoms with E-state index in [4.69, 9.17) is 0 Å². The van der Waals surface area contributed by atoms with Gasteiger partial charge in [0.2, 0.25) is 0 Å². The number of benzene rings is 2. The molecule has 26 heavy (non-hydrogen) atoms. The highest BCUT2D eigenvalue weighted by molar-refractivity contribution is 5.94. The fourth-order valence-electron chi connectivity index (χ4n) is 2.96. The standard InChI is InChI=1S/C20H18N4O2/c1-13-22-23-19-9-8-17(12-24(13)19)20(26)21-11-18(25)16-7-6-14-4-2-3-5-15(14)10-16/h2-10,12,18,25H,11H2,1H3,(H,21,26)/t18-/m0/s1. The van der Waals surface area contributed by atoms with E-state index in [0.717, 1.165) is 16.3 Å². The van der Waals surface area contributed by atoms with E-state index in [9.17, 15) is 9.90 Å². The van der Waals surface area contributed by atoms with Crippen LogP contribution in [-0.2, 0) is 0 Å². The lowest BCUT2D eigenvalue weighted by Gasteiger charge is -2.13. The number of aryl methyl sites for hydroxylation is 1. The fourth-order valence-corrected chi connectivity index (χ4v) is 2.96. The first-order valence-electron chi connectivity index (χ1n) is 8.38. The summed E-state index contributed by atoms with van der Waals surface area (Å²) in [5.41, 5.74) is 1.95. The number of fused-ring (bicyclic) bond motifs is 2. The highest BCUT2D eigenvalue weighted by Crippen LogP contribution is 2.20. The number of hydrogen-bond acceptors (Lipinski definition) is 4. The highest BCUT2D eigenvalue weighted by Gasteiger charge is 2.13. The number of rotatable bonds is 4. The van der Waals surface area contributed by atoms with Crippen LogP contribution in [0.25, 0.3) is 16.4 Å². The molecular weight excluding hydrogens is 328 g/mol. The smallest absolute Gasteiger partial charge is 0.252 e. The number of nitrogens with zero attached hydrogens (tertiary/aromatic N) is 3. The van der Waals surface area contributed by atoms with Crippen molar-refractivity contribution in [3.05, 3.63) is 77.7 Å². The third-order valence-corrected chi connectivity index (χ3v) is 4.45. The number of aliphatic hydroxyl groups excluding tert-OH is 1. The van der Waals surface area contributed by atoms with E-state index in [0.29, 0.717) is 17.0 Å². The minimum Gasteiger partial charge on any atom is -0.387 e. The van der Waals surface area contributed by atoms with Gasteiger partial charge in [-0.1, -0.05) is 36.4 Å². The Labute approximate surface area is 150 Å². The highest BCUT2D eigenvalue weighted by atomic mass is 16.3. The molecule has 0 spiro atoms. The Kier molecular flexibility index (Phi) is 4.10. The maximum absolute atomic E-state index is 12.4. The molecule has 1 atom stereocenters. The minimum absolute atomic E-state index is 0.135. The number of aromatic nitrogens is 3. The molecule has 2 aromatic carbocycles. The molecule has 4 aromatic rings. The second-order valence-electron chi connectivity index (χ2n) is 6.23. The van der Waals surface area contributed by atoms with Crippen LogP contribution < -0.4 is 5.32 Å².